The fraction of sp³-hybridized carbons (Fsp3) is 0.407. The monoisotopic (exact) mass is 521 g/mol. The van der Waals surface area contributed by atoms with Crippen molar-refractivity contribution >= 4 is 29.2 Å². The van der Waals surface area contributed by atoms with E-state index < -0.39 is 11.5 Å². The van der Waals surface area contributed by atoms with Crippen LogP contribution in [-0.4, -0.2) is 68.5 Å². The maximum absolute atomic E-state index is 14.6. The Kier molecular flexibility index (Phi) is 5.95. The summed E-state index contributed by atoms with van der Waals surface area (Å²) in [5, 5.41) is 13.4. The standard InChI is InChI=1S/C27H28FN5O3S/c1-16-2-6-19(11-22(16)28)27(25-29-15-30-37-25)8-9-32(14-27)26(36)31-23-10-18(17-3-4-17)5-7-21(23)24(35)33-12-20(34)13-33/h2,5-7,10-11,15,17,20,34H,3-4,8-9,12-14H2,1H3,(H,31,36)/t27-/m0/s1. The third-order valence-electron chi connectivity index (χ3n) is 7.77. The molecule has 3 heterocycles. The third kappa shape index (κ3) is 4.38. The van der Waals surface area contributed by atoms with Crippen LogP contribution in [0.25, 0.3) is 0 Å². The van der Waals surface area contributed by atoms with Gasteiger partial charge in [0.2, 0.25) is 0 Å². The van der Waals surface area contributed by atoms with Gasteiger partial charge in [0, 0.05) is 26.2 Å². The summed E-state index contributed by atoms with van der Waals surface area (Å²) in [7, 11) is 0. The van der Waals surface area contributed by atoms with Crippen molar-refractivity contribution in [3.8, 4) is 0 Å². The minimum atomic E-state index is -0.657. The molecular formula is C27H28FN5O3S. The van der Waals surface area contributed by atoms with Crippen LogP contribution in [-0.2, 0) is 5.41 Å². The third-order valence-corrected chi connectivity index (χ3v) is 8.63. The Balaban J connectivity index is 1.27. The predicted molar refractivity (Wildman–Crippen MR) is 137 cm³/mol. The summed E-state index contributed by atoms with van der Waals surface area (Å²) < 4.78 is 18.7. The molecule has 3 amide bonds. The summed E-state index contributed by atoms with van der Waals surface area (Å²) in [6.45, 7) is 3.08. The number of amides is 3. The van der Waals surface area contributed by atoms with E-state index in [9.17, 15) is 19.1 Å². The van der Waals surface area contributed by atoms with E-state index in [0.717, 1.165) is 29.0 Å². The number of aromatic nitrogens is 2. The number of urea groups is 1. The first-order chi connectivity index (χ1) is 17.8. The molecule has 6 rings (SSSR count). The largest absolute Gasteiger partial charge is 0.389 e. The van der Waals surface area contributed by atoms with Crippen LogP contribution in [0.3, 0.4) is 0 Å². The van der Waals surface area contributed by atoms with Gasteiger partial charge in [0.15, 0.2) is 0 Å². The molecular weight excluding hydrogens is 493 g/mol. The van der Waals surface area contributed by atoms with Gasteiger partial charge in [-0.1, -0.05) is 18.2 Å². The van der Waals surface area contributed by atoms with E-state index in [1.165, 1.54) is 23.9 Å². The van der Waals surface area contributed by atoms with Crippen molar-refractivity contribution in [1.29, 1.82) is 0 Å². The van der Waals surface area contributed by atoms with E-state index in [0.29, 0.717) is 55.3 Å². The maximum atomic E-state index is 14.6. The molecule has 2 aliphatic heterocycles. The lowest BCUT2D eigenvalue weighted by Crippen LogP contribution is -2.53. The quantitative estimate of drug-likeness (QED) is 0.531. The van der Waals surface area contributed by atoms with Gasteiger partial charge in [-0.15, -0.1) is 0 Å². The number of rotatable bonds is 5. The van der Waals surface area contributed by atoms with E-state index in [4.69, 9.17) is 0 Å². The first-order valence-electron chi connectivity index (χ1n) is 12.5. The number of carbonyl (C=O) groups is 2. The lowest BCUT2D eigenvalue weighted by Gasteiger charge is -2.36. The fourth-order valence-electron chi connectivity index (χ4n) is 5.30. The average Bonchev–Trinajstić information content (AvgIpc) is 3.37. The highest BCUT2D eigenvalue weighted by molar-refractivity contribution is 7.05. The van der Waals surface area contributed by atoms with Crippen molar-refractivity contribution in [2.45, 2.75) is 43.6 Å². The normalized spacial score (nSPS) is 21.7. The molecule has 2 aromatic carbocycles. The van der Waals surface area contributed by atoms with E-state index in [1.807, 2.05) is 18.2 Å². The van der Waals surface area contributed by atoms with Crippen molar-refractivity contribution in [2.75, 3.05) is 31.5 Å². The Bertz CT molecular complexity index is 1360. The van der Waals surface area contributed by atoms with Gasteiger partial charge in [0.05, 0.1) is 22.8 Å². The van der Waals surface area contributed by atoms with Crippen LogP contribution >= 0.6 is 11.5 Å². The van der Waals surface area contributed by atoms with Crippen molar-refractivity contribution in [3.05, 3.63) is 75.8 Å². The van der Waals surface area contributed by atoms with Crippen molar-refractivity contribution in [1.82, 2.24) is 19.2 Å². The van der Waals surface area contributed by atoms with E-state index in [2.05, 4.69) is 14.7 Å². The van der Waals surface area contributed by atoms with E-state index in [-0.39, 0.29) is 17.8 Å². The van der Waals surface area contributed by atoms with Crippen LogP contribution in [0.5, 0.6) is 0 Å². The molecule has 3 aromatic rings. The zero-order chi connectivity index (χ0) is 25.7. The van der Waals surface area contributed by atoms with Gasteiger partial charge < -0.3 is 20.2 Å². The molecule has 3 fully saturated rings. The summed E-state index contributed by atoms with van der Waals surface area (Å²) in [5.41, 5.74) is 2.68. The first kappa shape index (κ1) is 24.0. The number of benzene rings is 2. The topological polar surface area (TPSA) is 98.7 Å². The Morgan fingerprint density at radius 3 is 2.65 bits per heavy atom. The first-order valence-corrected chi connectivity index (χ1v) is 13.3. The molecule has 192 valence electrons. The highest BCUT2D eigenvalue weighted by atomic mass is 32.1. The number of hydrogen-bond donors (Lipinski definition) is 2. The predicted octanol–water partition coefficient (Wildman–Crippen LogP) is 3.90. The number of anilines is 1. The number of β-amino-alcohol motifs (C(OH)–C–C–N with tert-alkyl or cyclic N) is 1. The molecule has 0 spiro atoms. The highest BCUT2D eigenvalue weighted by Crippen LogP contribution is 2.43. The lowest BCUT2D eigenvalue weighted by atomic mass is 9.80. The summed E-state index contributed by atoms with van der Waals surface area (Å²) in [6.07, 6.45) is 3.77. The molecule has 0 bridgehead atoms. The minimum Gasteiger partial charge on any atom is -0.389 e. The van der Waals surface area contributed by atoms with Crippen molar-refractivity contribution < 1.29 is 19.1 Å². The number of nitrogens with zero attached hydrogens (tertiary/aromatic N) is 4. The summed E-state index contributed by atoms with van der Waals surface area (Å²) >= 11 is 1.26. The van der Waals surface area contributed by atoms with E-state index in [1.54, 1.807) is 28.9 Å². The Morgan fingerprint density at radius 2 is 1.97 bits per heavy atom. The van der Waals surface area contributed by atoms with Gasteiger partial charge >= 0.3 is 6.03 Å². The number of likely N-dealkylation sites (tertiary alicyclic amines) is 2. The molecule has 2 saturated heterocycles. The van der Waals surface area contributed by atoms with Gasteiger partial charge in [-0.05, 0) is 78.5 Å². The summed E-state index contributed by atoms with van der Waals surface area (Å²) in [4.78, 5) is 34.4. The van der Waals surface area contributed by atoms with Crippen LogP contribution in [0.1, 0.15) is 57.2 Å². The molecule has 1 atom stereocenters. The second kappa shape index (κ2) is 9.18. The van der Waals surface area contributed by atoms with Crippen LogP contribution in [0.15, 0.2) is 42.7 Å². The highest BCUT2D eigenvalue weighted by Gasteiger charge is 2.45. The molecule has 0 radical (unpaired) electrons. The van der Waals surface area contributed by atoms with Crippen LogP contribution in [0, 0.1) is 12.7 Å². The van der Waals surface area contributed by atoms with Crippen LogP contribution in [0.2, 0.25) is 0 Å². The van der Waals surface area contributed by atoms with Gasteiger partial charge in [0.25, 0.3) is 5.91 Å². The molecule has 1 aliphatic carbocycles. The Morgan fingerprint density at radius 1 is 1.16 bits per heavy atom. The minimum absolute atomic E-state index is 0.206. The number of aliphatic hydroxyl groups excluding tert-OH is 1. The molecule has 1 aromatic heterocycles. The van der Waals surface area contributed by atoms with Gasteiger partial charge in [0.1, 0.15) is 17.2 Å². The number of carbonyl (C=O) groups excluding carboxylic acids is 2. The maximum Gasteiger partial charge on any atom is 0.321 e. The van der Waals surface area contributed by atoms with E-state index >= 15 is 0 Å². The molecule has 8 nitrogen and oxygen atoms in total. The number of aryl methyl sites for hydroxylation is 1. The Hall–Kier alpha value is -3.37. The van der Waals surface area contributed by atoms with Gasteiger partial charge in [-0.3, -0.25) is 4.79 Å². The van der Waals surface area contributed by atoms with Crippen LogP contribution < -0.4 is 5.32 Å². The summed E-state index contributed by atoms with van der Waals surface area (Å²) in [6, 6.07) is 10.5. The summed E-state index contributed by atoms with van der Waals surface area (Å²) in [5.74, 6) is -0.0398. The zero-order valence-electron chi connectivity index (χ0n) is 20.5. The fourth-order valence-corrected chi connectivity index (χ4v) is 6.05. The number of nitrogens with one attached hydrogen (secondary N) is 1. The van der Waals surface area contributed by atoms with Crippen molar-refractivity contribution in [3.63, 3.8) is 0 Å². The van der Waals surface area contributed by atoms with Gasteiger partial charge in [-0.2, -0.15) is 4.37 Å². The zero-order valence-corrected chi connectivity index (χ0v) is 21.3. The van der Waals surface area contributed by atoms with Crippen molar-refractivity contribution in [2.24, 2.45) is 0 Å². The smallest absolute Gasteiger partial charge is 0.321 e. The molecule has 0 unspecified atom stereocenters. The second-order valence-corrected chi connectivity index (χ2v) is 11.1. The average molecular weight is 522 g/mol. The van der Waals surface area contributed by atoms with Crippen LogP contribution in [0.4, 0.5) is 14.9 Å². The number of halogens is 1. The Labute approximate surface area is 218 Å². The molecule has 1 saturated carbocycles. The second-order valence-electron chi connectivity index (χ2n) is 10.3. The number of hydrogen-bond acceptors (Lipinski definition) is 6. The molecule has 3 aliphatic rings. The van der Waals surface area contributed by atoms with Gasteiger partial charge in [-0.25, -0.2) is 14.2 Å². The number of aliphatic hydroxyl groups is 1. The lowest BCUT2D eigenvalue weighted by molar-refractivity contribution is 0.00596. The molecule has 10 heteroatoms. The SMILES string of the molecule is Cc1ccc([C@]2(c3ncns3)CCN(C(=O)Nc3cc(C4CC4)ccc3C(=O)N3CC(O)C3)C2)cc1F. The molecule has 2 N–H and O–H groups in total. The molecule has 37 heavy (non-hydrogen) atoms.